The van der Waals surface area contributed by atoms with Gasteiger partial charge in [-0.05, 0) is 32.4 Å². The Morgan fingerprint density at radius 2 is 2.05 bits per heavy atom. The minimum atomic E-state index is -0.470. The minimum Gasteiger partial charge on any atom is -0.474 e. The monoisotopic (exact) mass is 313 g/mol. The number of amides is 1. The Morgan fingerprint density at radius 1 is 1.38 bits per heavy atom. The minimum absolute atomic E-state index is 0.0228. The Morgan fingerprint density at radius 3 is 2.62 bits per heavy atom. The normalized spacial score (nSPS) is 16.7. The summed E-state index contributed by atoms with van der Waals surface area (Å²) in [5.74, 6) is 0.464. The zero-order valence-electron chi connectivity index (χ0n) is 12.5. The number of aromatic nitrogens is 2. The van der Waals surface area contributed by atoms with Crippen molar-refractivity contribution in [2.24, 2.45) is 0 Å². The first kappa shape index (κ1) is 15.8. The average molecular weight is 314 g/mol. The molecule has 0 radical (unpaired) electrons. The third-order valence-electron chi connectivity index (χ3n) is 2.98. The second-order valence-corrected chi connectivity index (χ2v) is 6.29. The van der Waals surface area contributed by atoms with Crippen LogP contribution in [0.2, 0.25) is 5.28 Å². The largest absolute Gasteiger partial charge is 0.474 e. The van der Waals surface area contributed by atoms with Crippen molar-refractivity contribution in [1.82, 2.24) is 14.9 Å². The fourth-order valence-electron chi connectivity index (χ4n) is 2.04. The molecular weight excluding hydrogens is 294 g/mol. The van der Waals surface area contributed by atoms with E-state index in [0.29, 0.717) is 19.0 Å². The maximum Gasteiger partial charge on any atom is 0.410 e. The van der Waals surface area contributed by atoms with Gasteiger partial charge in [0.1, 0.15) is 11.7 Å². The molecule has 1 amide bonds. The molecule has 6 nitrogen and oxygen atoms in total. The highest BCUT2D eigenvalue weighted by Gasteiger charge is 2.27. The van der Waals surface area contributed by atoms with Crippen LogP contribution < -0.4 is 4.74 Å². The lowest BCUT2D eigenvalue weighted by molar-refractivity contribution is 0.0123. The van der Waals surface area contributed by atoms with Crippen molar-refractivity contribution in [3.8, 4) is 5.88 Å². The molecule has 1 aromatic heterocycles. The second kappa shape index (κ2) is 6.47. The molecule has 0 spiro atoms. The van der Waals surface area contributed by atoms with Crippen molar-refractivity contribution in [2.45, 2.75) is 45.3 Å². The van der Waals surface area contributed by atoms with Crippen molar-refractivity contribution < 1.29 is 14.3 Å². The highest BCUT2D eigenvalue weighted by molar-refractivity contribution is 6.28. The molecule has 0 N–H and O–H groups in total. The van der Waals surface area contributed by atoms with E-state index >= 15 is 0 Å². The maximum atomic E-state index is 11.9. The van der Waals surface area contributed by atoms with Gasteiger partial charge >= 0.3 is 6.09 Å². The third kappa shape index (κ3) is 5.04. The summed E-state index contributed by atoms with van der Waals surface area (Å²) in [5.41, 5.74) is -0.470. The number of likely N-dealkylation sites (tertiary alicyclic amines) is 1. The molecule has 1 aromatic rings. The summed E-state index contributed by atoms with van der Waals surface area (Å²) in [6.45, 7) is 6.80. The van der Waals surface area contributed by atoms with E-state index in [9.17, 15) is 4.79 Å². The molecule has 0 saturated carbocycles. The van der Waals surface area contributed by atoms with Crippen LogP contribution in [0.4, 0.5) is 4.79 Å². The predicted molar refractivity (Wildman–Crippen MR) is 78.5 cm³/mol. The molecule has 116 valence electrons. The third-order valence-corrected chi connectivity index (χ3v) is 3.16. The molecule has 7 heteroatoms. The SMILES string of the molecule is CC(C)(C)OC(=O)N1CCC(Oc2ccnc(Cl)n2)CC1. The van der Waals surface area contributed by atoms with Gasteiger partial charge in [0.25, 0.3) is 0 Å². The van der Waals surface area contributed by atoms with Gasteiger partial charge in [0, 0.05) is 38.2 Å². The lowest BCUT2D eigenvalue weighted by Gasteiger charge is -2.33. The van der Waals surface area contributed by atoms with E-state index in [1.807, 2.05) is 20.8 Å². The molecule has 2 heterocycles. The van der Waals surface area contributed by atoms with Crippen LogP contribution in [0.25, 0.3) is 0 Å². The van der Waals surface area contributed by atoms with E-state index in [4.69, 9.17) is 21.1 Å². The van der Waals surface area contributed by atoms with Gasteiger partial charge in [-0.15, -0.1) is 0 Å². The Balaban J connectivity index is 1.82. The highest BCUT2D eigenvalue weighted by Crippen LogP contribution is 2.19. The van der Waals surface area contributed by atoms with E-state index in [-0.39, 0.29) is 17.5 Å². The number of halogens is 1. The van der Waals surface area contributed by atoms with E-state index < -0.39 is 5.60 Å². The Bertz CT molecular complexity index is 496. The first-order valence-corrected chi connectivity index (χ1v) is 7.34. The van der Waals surface area contributed by atoms with Crippen molar-refractivity contribution in [3.05, 3.63) is 17.5 Å². The number of nitrogens with zero attached hydrogens (tertiary/aromatic N) is 3. The molecule has 1 saturated heterocycles. The van der Waals surface area contributed by atoms with E-state index in [1.54, 1.807) is 17.2 Å². The summed E-state index contributed by atoms with van der Waals surface area (Å²) < 4.78 is 11.1. The second-order valence-electron chi connectivity index (χ2n) is 5.95. The van der Waals surface area contributed by atoms with Crippen LogP contribution in [-0.4, -0.2) is 45.8 Å². The van der Waals surface area contributed by atoms with Crippen LogP contribution in [0.5, 0.6) is 5.88 Å². The van der Waals surface area contributed by atoms with E-state index in [1.165, 1.54) is 0 Å². The van der Waals surface area contributed by atoms with Gasteiger partial charge in [0.15, 0.2) is 0 Å². The Labute approximate surface area is 129 Å². The molecule has 0 bridgehead atoms. The van der Waals surface area contributed by atoms with Crippen LogP contribution in [0.1, 0.15) is 33.6 Å². The summed E-state index contributed by atoms with van der Waals surface area (Å²) in [5, 5.41) is 0.165. The van der Waals surface area contributed by atoms with Gasteiger partial charge in [-0.2, -0.15) is 4.98 Å². The van der Waals surface area contributed by atoms with Crippen LogP contribution in [0, 0.1) is 0 Å². The number of carbonyl (C=O) groups is 1. The van der Waals surface area contributed by atoms with E-state index in [2.05, 4.69) is 9.97 Å². The average Bonchev–Trinajstić information content (AvgIpc) is 2.37. The molecule has 1 aliphatic heterocycles. The van der Waals surface area contributed by atoms with Crippen LogP contribution in [0.15, 0.2) is 12.3 Å². The molecule has 21 heavy (non-hydrogen) atoms. The quantitative estimate of drug-likeness (QED) is 0.785. The number of piperidine rings is 1. The molecule has 0 aliphatic carbocycles. The van der Waals surface area contributed by atoms with Crippen LogP contribution >= 0.6 is 11.6 Å². The Hall–Kier alpha value is -1.56. The van der Waals surface area contributed by atoms with Crippen LogP contribution in [0.3, 0.4) is 0 Å². The van der Waals surface area contributed by atoms with Gasteiger partial charge in [-0.3, -0.25) is 0 Å². The van der Waals surface area contributed by atoms with Crippen LogP contribution in [-0.2, 0) is 4.74 Å². The first-order valence-electron chi connectivity index (χ1n) is 6.96. The molecule has 0 unspecified atom stereocenters. The standard InChI is InChI=1S/C14H20ClN3O3/c1-14(2,3)21-13(19)18-8-5-10(6-9-18)20-11-4-7-16-12(15)17-11/h4,7,10H,5-6,8-9H2,1-3H3. The highest BCUT2D eigenvalue weighted by atomic mass is 35.5. The summed E-state index contributed by atoms with van der Waals surface area (Å²) >= 11 is 5.72. The summed E-state index contributed by atoms with van der Waals surface area (Å²) in [4.78, 5) is 21.5. The zero-order chi connectivity index (χ0) is 15.5. The topological polar surface area (TPSA) is 64.5 Å². The van der Waals surface area contributed by atoms with Crippen molar-refractivity contribution in [1.29, 1.82) is 0 Å². The number of hydrogen-bond donors (Lipinski definition) is 0. The zero-order valence-corrected chi connectivity index (χ0v) is 13.3. The van der Waals surface area contributed by atoms with Gasteiger partial charge in [-0.25, -0.2) is 9.78 Å². The van der Waals surface area contributed by atoms with Gasteiger partial charge in [0.05, 0.1) is 0 Å². The lowest BCUT2D eigenvalue weighted by Crippen LogP contribution is -2.44. The summed E-state index contributed by atoms with van der Waals surface area (Å²) in [7, 11) is 0. The molecule has 0 atom stereocenters. The van der Waals surface area contributed by atoms with Crippen molar-refractivity contribution in [3.63, 3.8) is 0 Å². The fourth-order valence-corrected chi connectivity index (χ4v) is 2.18. The van der Waals surface area contributed by atoms with Gasteiger partial charge < -0.3 is 14.4 Å². The fraction of sp³-hybridized carbons (Fsp3) is 0.643. The Kier molecular flexibility index (Phi) is 4.88. The first-order chi connectivity index (χ1) is 9.83. The number of carbonyl (C=O) groups excluding carboxylic acids is 1. The molecule has 1 fully saturated rings. The molecule has 2 rings (SSSR count). The lowest BCUT2D eigenvalue weighted by atomic mass is 10.1. The number of ether oxygens (including phenoxy) is 2. The molecule has 1 aliphatic rings. The van der Waals surface area contributed by atoms with Gasteiger partial charge in [0.2, 0.25) is 11.2 Å². The molecular formula is C14H20ClN3O3. The summed E-state index contributed by atoms with van der Waals surface area (Å²) in [6.07, 6.45) is 2.78. The van der Waals surface area contributed by atoms with E-state index in [0.717, 1.165) is 12.8 Å². The number of hydrogen-bond acceptors (Lipinski definition) is 5. The smallest absolute Gasteiger partial charge is 0.410 e. The maximum absolute atomic E-state index is 11.9. The number of rotatable bonds is 2. The molecule has 0 aromatic carbocycles. The van der Waals surface area contributed by atoms with Gasteiger partial charge in [-0.1, -0.05) is 0 Å². The van der Waals surface area contributed by atoms with Crippen molar-refractivity contribution >= 4 is 17.7 Å². The summed E-state index contributed by atoms with van der Waals surface area (Å²) in [6, 6.07) is 1.67. The predicted octanol–water partition coefficient (Wildman–Crippen LogP) is 2.91. The van der Waals surface area contributed by atoms with Crippen molar-refractivity contribution in [2.75, 3.05) is 13.1 Å².